The van der Waals surface area contributed by atoms with Gasteiger partial charge in [0.25, 0.3) is 5.91 Å². The highest BCUT2D eigenvalue weighted by Gasteiger charge is 2.23. The van der Waals surface area contributed by atoms with Gasteiger partial charge in [0, 0.05) is 31.2 Å². The Morgan fingerprint density at radius 1 is 1.22 bits per heavy atom. The number of aliphatic hydroxyl groups excluding tert-OH is 1. The van der Waals surface area contributed by atoms with Crippen molar-refractivity contribution < 1.29 is 28.8 Å². The number of benzene rings is 1. The summed E-state index contributed by atoms with van der Waals surface area (Å²) in [5, 5.41) is 13.2. The van der Waals surface area contributed by atoms with Gasteiger partial charge in [-0.25, -0.2) is 0 Å². The van der Waals surface area contributed by atoms with Crippen LogP contribution in [0.4, 0.5) is 0 Å². The molecule has 0 aliphatic carbocycles. The molecule has 1 amide bonds. The van der Waals surface area contributed by atoms with E-state index in [1.54, 1.807) is 17.0 Å². The molecule has 152 valence electrons. The first-order chi connectivity index (χ1) is 13.0. The molecular weight excluding hydrogens is 352 g/mol. The predicted octanol–water partition coefficient (Wildman–Crippen LogP) is 0.914. The van der Waals surface area contributed by atoms with Crippen LogP contribution in [0.15, 0.2) is 12.1 Å². The van der Waals surface area contributed by atoms with Crippen LogP contribution in [0.1, 0.15) is 24.2 Å². The fourth-order valence-corrected chi connectivity index (χ4v) is 2.70. The lowest BCUT2D eigenvalue weighted by Gasteiger charge is -2.27. The van der Waals surface area contributed by atoms with Crippen LogP contribution in [0, 0.1) is 0 Å². The number of ether oxygens (including phenoxy) is 4. The Bertz CT molecular complexity index is 591. The Hall–Kier alpha value is -2.03. The monoisotopic (exact) mass is 382 g/mol. The first-order valence-electron chi connectivity index (χ1n) is 9.13. The minimum absolute atomic E-state index is 0.0726. The Kier molecular flexibility index (Phi) is 8.15. The van der Waals surface area contributed by atoms with Gasteiger partial charge in [0.15, 0.2) is 11.5 Å². The summed E-state index contributed by atoms with van der Waals surface area (Å²) >= 11 is 0. The number of methoxy groups -OCH3 is 2. The number of hydrogen-bond acceptors (Lipinski definition) is 7. The average molecular weight is 382 g/mol. The highest BCUT2D eigenvalue weighted by Crippen LogP contribution is 2.39. The molecule has 1 heterocycles. The summed E-state index contributed by atoms with van der Waals surface area (Å²) in [4.78, 5) is 14.5. The number of morpholine rings is 1. The topological polar surface area (TPSA) is 89.5 Å². The molecule has 1 aliphatic rings. The zero-order valence-corrected chi connectivity index (χ0v) is 16.5. The highest BCUT2D eigenvalue weighted by molar-refractivity contribution is 5.95. The van der Waals surface area contributed by atoms with E-state index in [1.165, 1.54) is 14.2 Å². The van der Waals surface area contributed by atoms with E-state index in [1.807, 2.05) is 13.8 Å². The van der Waals surface area contributed by atoms with Crippen molar-refractivity contribution in [2.24, 2.45) is 0 Å². The number of nitrogens with zero attached hydrogens (tertiary/aromatic N) is 1. The first kappa shape index (κ1) is 21.3. The lowest BCUT2D eigenvalue weighted by Crippen LogP contribution is -2.40. The van der Waals surface area contributed by atoms with E-state index in [0.29, 0.717) is 55.7 Å². The second-order valence-corrected chi connectivity index (χ2v) is 6.64. The van der Waals surface area contributed by atoms with Gasteiger partial charge < -0.3 is 34.3 Å². The van der Waals surface area contributed by atoms with Gasteiger partial charge >= 0.3 is 0 Å². The number of nitrogens with one attached hydrogen (secondary N) is 1. The van der Waals surface area contributed by atoms with Crippen LogP contribution < -0.4 is 19.5 Å². The van der Waals surface area contributed by atoms with Crippen LogP contribution in [0.25, 0.3) is 0 Å². The normalized spacial score (nSPS) is 15.6. The molecule has 2 N–H and O–H groups in total. The van der Waals surface area contributed by atoms with E-state index in [4.69, 9.17) is 18.9 Å². The number of carbonyl (C=O) groups is 1. The molecule has 8 heteroatoms. The number of amides is 1. The standard InChI is InChI=1S/C19H30N2O6/c1-13(2)20-11-15(22)12-27-18-16(24-3)9-14(10-17(18)25-4)19(23)21-5-7-26-8-6-21/h9-10,13,15,20,22H,5-8,11-12H2,1-4H3. The van der Waals surface area contributed by atoms with Crippen molar-refractivity contribution in [2.75, 3.05) is 53.7 Å². The molecule has 1 aliphatic heterocycles. The van der Waals surface area contributed by atoms with Gasteiger partial charge in [-0.3, -0.25) is 4.79 Å². The SMILES string of the molecule is COc1cc(C(=O)N2CCOCC2)cc(OC)c1OCC(O)CNC(C)C. The first-order valence-corrected chi connectivity index (χ1v) is 9.13. The van der Waals surface area contributed by atoms with Crippen LogP contribution in [0.3, 0.4) is 0 Å². The molecule has 1 aromatic carbocycles. The average Bonchev–Trinajstić information content (AvgIpc) is 2.69. The Morgan fingerprint density at radius 2 is 1.81 bits per heavy atom. The van der Waals surface area contributed by atoms with Gasteiger partial charge in [0.1, 0.15) is 12.7 Å². The van der Waals surface area contributed by atoms with E-state index in [9.17, 15) is 9.90 Å². The summed E-state index contributed by atoms with van der Waals surface area (Å²) < 4.78 is 21.8. The third kappa shape index (κ3) is 5.98. The summed E-state index contributed by atoms with van der Waals surface area (Å²) in [6.45, 7) is 6.66. The van der Waals surface area contributed by atoms with Gasteiger partial charge in [0.05, 0.1) is 27.4 Å². The van der Waals surface area contributed by atoms with E-state index >= 15 is 0 Å². The second-order valence-electron chi connectivity index (χ2n) is 6.64. The predicted molar refractivity (Wildman–Crippen MR) is 101 cm³/mol. The van der Waals surface area contributed by atoms with E-state index in [2.05, 4.69) is 5.32 Å². The lowest BCUT2D eigenvalue weighted by atomic mass is 10.1. The van der Waals surface area contributed by atoms with Crippen LogP contribution in [0.5, 0.6) is 17.2 Å². The molecule has 1 atom stereocenters. The second kappa shape index (κ2) is 10.3. The molecule has 1 saturated heterocycles. The van der Waals surface area contributed by atoms with Crippen molar-refractivity contribution >= 4 is 5.91 Å². The third-order valence-corrected chi connectivity index (χ3v) is 4.19. The Balaban J connectivity index is 2.14. The zero-order chi connectivity index (χ0) is 19.8. The maximum Gasteiger partial charge on any atom is 0.254 e. The molecule has 0 saturated carbocycles. The van der Waals surface area contributed by atoms with Crippen LogP contribution in [-0.2, 0) is 4.74 Å². The summed E-state index contributed by atoms with van der Waals surface area (Å²) in [5.41, 5.74) is 0.458. The van der Waals surface area contributed by atoms with Gasteiger partial charge in [-0.05, 0) is 12.1 Å². The molecule has 27 heavy (non-hydrogen) atoms. The van der Waals surface area contributed by atoms with Gasteiger partial charge in [-0.1, -0.05) is 13.8 Å². The van der Waals surface area contributed by atoms with Gasteiger partial charge in [0.2, 0.25) is 5.75 Å². The summed E-state index contributed by atoms with van der Waals surface area (Å²) in [7, 11) is 3.00. The molecule has 8 nitrogen and oxygen atoms in total. The summed E-state index contributed by atoms with van der Waals surface area (Å²) in [6.07, 6.45) is -0.684. The molecular formula is C19H30N2O6. The number of hydrogen-bond donors (Lipinski definition) is 2. The lowest BCUT2D eigenvalue weighted by molar-refractivity contribution is 0.0302. The summed E-state index contributed by atoms with van der Waals surface area (Å²) in [5.74, 6) is 1.02. The van der Waals surface area contributed by atoms with E-state index in [-0.39, 0.29) is 18.6 Å². The molecule has 1 aromatic rings. The fourth-order valence-electron chi connectivity index (χ4n) is 2.70. The number of carbonyl (C=O) groups excluding carboxylic acids is 1. The van der Waals surface area contributed by atoms with Crippen molar-refractivity contribution in [3.8, 4) is 17.2 Å². The van der Waals surface area contributed by atoms with Crippen LogP contribution >= 0.6 is 0 Å². The van der Waals surface area contributed by atoms with Crippen molar-refractivity contribution in [3.05, 3.63) is 17.7 Å². The minimum Gasteiger partial charge on any atom is -0.493 e. The van der Waals surface area contributed by atoms with E-state index in [0.717, 1.165) is 0 Å². The molecule has 0 aromatic heterocycles. The van der Waals surface area contributed by atoms with Crippen molar-refractivity contribution in [1.29, 1.82) is 0 Å². The largest absolute Gasteiger partial charge is 0.493 e. The molecule has 0 bridgehead atoms. The van der Waals surface area contributed by atoms with E-state index < -0.39 is 6.10 Å². The molecule has 1 fully saturated rings. The highest BCUT2D eigenvalue weighted by atomic mass is 16.5. The molecule has 2 rings (SSSR count). The van der Waals surface area contributed by atoms with Gasteiger partial charge in [-0.2, -0.15) is 0 Å². The molecule has 0 radical (unpaired) electrons. The maximum absolute atomic E-state index is 12.7. The maximum atomic E-state index is 12.7. The zero-order valence-electron chi connectivity index (χ0n) is 16.5. The molecule has 1 unspecified atom stereocenters. The van der Waals surface area contributed by atoms with Crippen molar-refractivity contribution in [1.82, 2.24) is 10.2 Å². The van der Waals surface area contributed by atoms with Crippen LogP contribution in [0.2, 0.25) is 0 Å². The minimum atomic E-state index is -0.684. The smallest absolute Gasteiger partial charge is 0.254 e. The summed E-state index contributed by atoms with van der Waals surface area (Å²) in [6, 6.07) is 3.54. The fraction of sp³-hybridized carbons (Fsp3) is 0.632. The number of aliphatic hydroxyl groups is 1. The quantitative estimate of drug-likeness (QED) is 0.656. The van der Waals surface area contributed by atoms with Gasteiger partial charge in [-0.15, -0.1) is 0 Å². The Labute approximate surface area is 160 Å². The molecule has 0 spiro atoms. The Morgan fingerprint density at radius 3 is 2.33 bits per heavy atom. The van der Waals surface area contributed by atoms with Crippen molar-refractivity contribution in [3.63, 3.8) is 0 Å². The van der Waals surface area contributed by atoms with Crippen LogP contribution in [-0.4, -0.2) is 81.7 Å². The van der Waals surface area contributed by atoms with Crippen molar-refractivity contribution in [2.45, 2.75) is 26.0 Å². The third-order valence-electron chi connectivity index (χ3n) is 4.19. The number of rotatable bonds is 9.